The Hall–Kier alpha value is -3.25. The van der Waals surface area contributed by atoms with Crippen LogP contribution in [0.3, 0.4) is 0 Å². The first-order valence-corrected chi connectivity index (χ1v) is 7.93. The van der Waals surface area contributed by atoms with E-state index in [1.165, 1.54) is 0 Å². The van der Waals surface area contributed by atoms with Gasteiger partial charge in [0.2, 0.25) is 0 Å². The molecule has 0 amide bonds. The van der Waals surface area contributed by atoms with E-state index in [1.54, 1.807) is 6.21 Å². The Labute approximate surface area is 149 Å². The number of benzene rings is 2. The first-order valence-electron chi connectivity index (χ1n) is 7.93. The van der Waals surface area contributed by atoms with Gasteiger partial charge in [-0.05, 0) is 41.3 Å². The summed E-state index contributed by atoms with van der Waals surface area (Å²) >= 11 is 0. The van der Waals surface area contributed by atoms with E-state index >= 15 is 0 Å². The number of aryl methyl sites for hydroxylation is 1. The number of nitrogens with zero attached hydrogens (tertiary/aromatic N) is 2. The minimum absolute atomic E-state index is 0.0507. The molecule has 2 aromatic carbocycles. The van der Waals surface area contributed by atoms with Crippen LogP contribution in [-0.4, -0.2) is 23.4 Å². The Kier molecular flexibility index (Phi) is 6.20. The molecule has 0 atom stereocenters. The van der Waals surface area contributed by atoms with Crippen LogP contribution < -0.4 is 0 Å². The van der Waals surface area contributed by atoms with Crippen LogP contribution in [0.4, 0.5) is 0 Å². The molecule has 2 rings (SSSR count). The number of hydrazone groups is 1. The van der Waals surface area contributed by atoms with Crippen molar-refractivity contribution < 1.29 is 5.11 Å². The predicted molar refractivity (Wildman–Crippen MR) is 105 cm³/mol. The van der Waals surface area contributed by atoms with Crippen molar-refractivity contribution in [3.05, 3.63) is 94.9 Å². The predicted octanol–water partition coefficient (Wildman–Crippen LogP) is 4.94. The van der Waals surface area contributed by atoms with Gasteiger partial charge in [0.05, 0.1) is 12.8 Å². The molecule has 0 aliphatic heterocycles. The molecule has 0 unspecified atom stereocenters. The summed E-state index contributed by atoms with van der Waals surface area (Å²) in [5, 5.41) is 16.2. The lowest BCUT2D eigenvalue weighted by molar-refractivity contribution is 0.349. The third kappa shape index (κ3) is 5.12. The molecule has 0 spiro atoms. The molecule has 0 radical (unpaired) electrons. The molecule has 0 aliphatic rings. The normalized spacial score (nSPS) is 10.2. The van der Waals surface area contributed by atoms with Crippen molar-refractivity contribution in [2.45, 2.75) is 13.5 Å². The fourth-order valence-corrected chi connectivity index (χ4v) is 2.38. The second-order valence-corrected chi connectivity index (χ2v) is 5.75. The lowest BCUT2D eigenvalue weighted by atomic mass is 10.0. The van der Waals surface area contributed by atoms with Crippen LogP contribution in [0.1, 0.15) is 27.8 Å². The SMILES string of the molecule is C=C=Cc1ccc(CN(C)/N=C/c2ccc(C)c(C(O)=C=C)c2)cc1. The lowest BCUT2D eigenvalue weighted by Crippen LogP contribution is -2.10. The van der Waals surface area contributed by atoms with Gasteiger partial charge in [0.25, 0.3) is 0 Å². The maximum Gasteiger partial charge on any atom is 0.166 e. The molecule has 126 valence electrons. The molecule has 3 nitrogen and oxygen atoms in total. The highest BCUT2D eigenvalue weighted by molar-refractivity contribution is 5.81. The summed E-state index contributed by atoms with van der Waals surface area (Å²) in [5.41, 5.74) is 10.1. The van der Waals surface area contributed by atoms with Gasteiger partial charge in [-0.2, -0.15) is 5.10 Å². The molecule has 1 N–H and O–H groups in total. The molecular weight excluding hydrogens is 308 g/mol. The van der Waals surface area contributed by atoms with Crippen LogP contribution in [0.25, 0.3) is 11.8 Å². The van der Waals surface area contributed by atoms with Crippen molar-refractivity contribution >= 4 is 18.0 Å². The summed E-state index contributed by atoms with van der Waals surface area (Å²) in [6.07, 6.45) is 3.61. The van der Waals surface area contributed by atoms with E-state index < -0.39 is 0 Å². The van der Waals surface area contributed by atoms with Gasteiger partial charge in [-0.3, -0.25) is 5.01 Å². The van der Waals surface area contributed by atoms with Crippen molar-refractivity contribution in [1.82, 2.24) is 5.01 Å². The topological polar surface area (TPSA) is 35.8 Å². The van der Waals surface area contributed by atoms with Gasteiger partial charge in [-0.15, -0.1) is 5.73 Å². The van der Waals surface area contributed by atoms with Crippen LogP contribution in [0.2, 0.25) is 0 Å². The monoisotopic (exact) mass is 330 g/mol. The molecule has 0 aliphatic carbocycles. The number of hydrogen-bond acceptors (Lipinski definition) is 3. The molecule has 0 saturated carbocycles. The van der Waals surface area contributed by atoms with Crippen molar-refractivity contribution in [2.75, 3.05) is 7.05 Å². The number of aliphatic hydroxyl groups is 1. The maximum atomic E-state index is 9.84. The summed E-state index contributed by atoms with van der Waals surface area (Å²) < 4.78 is 0. The smallest absolute Gasteiger partial charge is 0.166 e. The highest BCUT2D eigenvalue weighted by Crippen LogP contribution is 2.17. The van der Waals surface area contributed by atoms with Gasteiger partial charge in [-0.1, -0.05) is 55.3 Å². The van der Waals surface area contributed by atoms with E-state index in [0.29, 0.717) is 12.1 Å². The van der Waals surface area contributed by atoms with E-state index in [4.69, 9.17) is 0 Å². The van der Waals surface area contributed by atoms with Gasteiger partial charge < -0.3 is 5.11 Å². The Morgan fingerprint density at radius 2 is 1.84 bits per heavy atom. The quantitative estimate of drug-likeness (QED) is 0.352. The van der Waals surface area contributed by atoms with Crippen molar-refractivity contribution in [2.24, 2.45) is 5.10 Å². The number of rotatable bonds is 6. The Morgan fingerprint density at radius 3 is 2.48 bits per heavy atom. The lowest BCUT2D eigenvalue weighted by Gasteiger charge is -2.13. The molecule has 0 saturated heterocycles. The second kappa shape index (κ2) is 8.56. The average molecular weight is 330 g/mol. The zero-order valence-corrected chi connectivity index (χ0v) is 14.7. The largest absolute Gasteiger partial charge is 0.501 e. The van der Waals surface area contributed by atoms with Crippen LogP contribution in [0.15, 0.2) is 72.2 Å². The average Bonchev–Trinajstić information content (AvgIpc) is 2.62. The minimum Gasteiger partial charge on any atom is -0.501 e. The van der Waals surface area contributed by atoms with E-state index in [0.717, 1.165) is 22.3 Å². The van der Waals surface area contributed by atoms with Gasteiger partial charge in [0.15, 0.2) is 5.76 Å². The van der Waals surface area contributed by atoms with Crippen LogP contribution >= 0.6 is 0 Å². The van der Waals surface area contributed by atoms with Gasteiger partial charge >= 0.3 is 0 Å². The van der Waals surface area contributed by atoms with E-state index in [1.807, 2.05) is 55.4 Å². The zero-order valence-electron chi connectivity index (χ0n) is 14.7. The molecule has 0 aromatic heterocycles. The first kappa shape index (κ1) is 18.1. The highest BCUT2D eigenvalue weighted by atomic mass is 16.3. The molecule has 2 aromatic rings. The minimum atomic E-state index is 0.0507. The standard InChI is InChI=1S/C22H22N2O/c1-5-7-18-10-12-19(13-11-18)16-24(4)23-15-20-9-8-17(3)21(14-20)22(25)6-2/h7-15,25H,1-2,16H2,3-4H3/b23-15+. The number of hydrogen-bond donors (Lipinski definition) is 1. The summed E-state index contributed by atoms with van der Waals surface area (Å²) in [6, 6.07) is 14.0. The number of aliphatic hydroxyl groups excluding tert-OH is 1. The van der Waals surface area contributed by atoms with Gasteiger partial charge in [-0.25, -0.2) is 0 Å². The fourth-order valence-electron chi connectivity index (χ4n) is 2.38. The van der Waals surface area contributed by atoms with Crippen LogP contribution in [-0.2, 0) is 6.54 Å². The van der Waals surface area contributed by atoms with E-state index in [-0.39, 0.29) is 5.76 Å². The summed E-state index contributed by atoms with van der Waals surface area (Å²) in [4.78, 5) is 0. The summed E-state index contributed by atoms with van der Waals surface area (Å²) in [6.45, 7) is 9.69. The Morgan fingerprint density at radius 1 is 1.16 bits per heavy atom. The van der Waals surface area contributed by atoms with Crippen LogP contribution in [0.5, 0.6) is 0 Å². The maximum absolute atomic E-state index is 9.84. The third-order valence-corrected chi connectivity index (χ3v) is 3.75. The molecule has 0 heterocycles. The van der Waals surface area contributed by atoms with Crippen molar-refractivity contribution in [3.8, 4) is 0 Å². The van der Waals surface area contributed by atoms with Crippen molar-refractivity contribution in [1.29, 1.82) is 0 Å². The Balaban J connectivity index is 2.08. The molecular formula is C22H22N2O. The molecule has 0 bridgehead atoms. The second-order valence-electron chi connectivity index (χ2n) is 5.75. The summed E-state index contributed by atoms with van der Waals surface area (Å²) in [5.74, 6) is 0.0507. The molecule has 3 heteroatoms. The van der Waals surface area contributed by atoms with Gasteiger partial charge in [0, 0.05) is 12.6 Å². The highest BCUT2D eigenvalue weighted by Gasteiger charge is 2.04. The third-order valence-electron chi connectivity index (χ3n) is 3.75. The summed E-state index contributed by atoms with van der Waals surface area (Å²) in [7, 11) is 1.92. The van der Waals surface area contributed by atoms with Gasteiger partial charge in [0.1, 0.15) is 0 Å². The molecule has 25 heavy (non-hydrogen) atoms. The van der Waals surface area contributed by atoms with Crippen molar-refractivity contribution in [3.63, 3.8) is 0 Å². The zero-order chi connectivity index (χ0) is 18.2. The first-order chi connectivity index (χ1) is 12.0. The van der Waals surface area contributed by atoms with Crippen LogP contribution in [0, 0.1) is 6.92 Å². The van der Waals surface area contributed by atoms with E-state index in [2.05, 4.69) is 41.9 Å². The van der Waals surface area contributed by atoms with E-state index in [9.17, 15) is 5.11 Å². The Bertz CT molecular complexity index is 865. The molecule has 0 fully saturated rings. The fraction of sp³-hybridized carbons (Fsp3) is 0.136.